The van der Waals surface area contributed by atoms with Gasteiger partial charge >= 0.3 is 0 Å². The maximum absolute atomic E-state index is 6.10. The molecule has 1 aromatic carbocycles. The van der Waals surface area contributed by atoms with E-state index in [9.17, 15) is 0 Å². The summed E-state index contributed by atoms with van der Waals surface area (Å²) in [5.41, 5.74) is 8.83. The van der Waals surface area contributed by atoms with E-state index in [2.05, 4.69) is 30.0 Å². The second-order valence-corrected chi connectivity index (χ2v) is 6.49. The molecule has 0 aromatic heterocycles. The van der Waals surface area contributed by atoms with Crippen LogP contribution in [-0.2, 0) is 6.42 Å². The van der Waals surface area contributed by atoms with Crippen LogP contribution in [0.25, 0.3) is 0 Å². The van der Waals surface area contributed by atoms with Gasteiger partial charge in [-0.2, -0.15) is 0 Å². The molecule has 116 valence electrons. The smallest absolute Gasteiger partial charge is 0.122 e. The average Bonchev–Trinajstić information content (AvgIpc) is 2.98. The van der Waals surface area contributed by atoms with E-state index in [1.165, 1.54) is 49.9 Å². The summed E-state index contributed by atoms with van der Waals surface area (Å²) in [7, 11) is 0. The van der Waals surface area contributed by atoms with Gasteiger partial charge in [-0.05, 0) is 49.0 Å². The molecule has 1 aromatic rings. The van der Waals surface area contributed by atoms with Crippen LogP contribution in [0, 0.1) is 5.92 Å². The fourth-order valence-electron chi connectivity index (χ4n) is 3.87. The van der Waals surface area contributed by atoms with Gasteiger partial charge in [-0.3, -0.25) is 4.90 Å². The molecule has 1 atom stereocenters. The highest BCUT2D eigenvalue weighted by molar-refractivity contribution is 5.41. The van der Waals surface area contributed by atoms with E-state index in [1.807, 2.05) is 0 Å². The first-order valence-corrected chi connectivity index (χ1v) is 8.51. The Kier molecular flexibility index (Phi) is 4.81. The van der Waals surface area contributed by atoms with Crippen LogP contribution < -0.4 is 10.5 Å². The predicted octanol–water partition coefficient (Wildman–Crippen LogP) is 3.13. The van der Waals surface area contributed by atoms with E-state index in [4.69, 9.17) is 10.5 Å². The second-order valence-electron chi connectivity index (χ2n) is 6.49. The quantitative estimate of drug-likeness (QED) is 0.904. The van der Waals surface area contributed by atoms with Gasteiger partial charge in [0, 0.05) is 19.0 Å². The highest BCUT2D eigenvalue weighted by atomic mass is 16.5. The van der Waals surface area contributed by atoms with Crippen LogP contribution >= 0.6 is 0 Å². The highest BCUT2D eigenvalue weighted by Crippen LogP contribution is 2.32. The molecule has 3 nitrogen and oxygen atoms in total. The van der Waals surface area contributed by atoms with Crippen molar-refractivity contribution < 1.29 is 4.74 Å². The molecular weight excluding hydrogens is 260 g/mol. The van der Waals surface area contributed by atoms with E-state index < -0.39 is 0 Å². The minimum Gasteiger partial charge on any atom is -0.493 e. The van der Waals surface area contributed by atoms with Crippen LogP contribution in [0.15, 0.2) is 18.2 Å². The first-order valence-electron chi connectivity index (χ1n) is 8.51. The summed E-state index contributed by atoms with van der Waals surface area (Å²) >= 11 is 0. The van der Waals surface area contributed by atoms with Gasteiger partial charge in [0.15, 0.2) is 0 Å². The summed E-state index contributed by atoms with van der Waals surface area (Å²) in [5, 5.41) is 0. The van der Waals surface area contributed by atoms with E-state index in [0.717, 1.165) is 24.7 Å². The Morgan fingerprint density at radius 1 is 1.33 bits per heavy atom. The highest BCUT2D eigenvalue weighted by Gasteiger charge is 2.26. The summed E-state index contributed by atoms with van der Waals surface area (Å²) in [6.07, 6.45) is 6.41. The van der Waals surface area contributed by atoms with Crippen molar-refractivity contribution in [2.45, 2.75) is 45.1 Å². The fraction of sp³-hybridized carbons (Fsp3) is 0.667. The average molecular weight is 288 g/mol. The van der Waals surface area contributed by atoms with Gasteiger partial charge in [-0.1, -0.05) is 31.9 Å². The monoisotopic (exact) mass is 288 g/mol. The molecule has 1 fully saturated rings. The van der Waals surface area contributed by atoms with Crippen molar-refractivity contribution in [3.63, 3.8) is 0 Å². The first kappa shape index (κ1) is 14.9. The molecule has 3 heteroatoms. The second kappa shape index (κ2) is 6.80. The lowest BCUT2D eigenvalue weighted by Gasteiger charge is -2.37. The predicted molar refractivity (Wildman–Crippen MR) is 86.6 cm³/mol. The minimum atomic E-state index is 0.374. The molecule has 2 aliphatic heterocycles. The molecule has 0 bridgehead atoms. The number of ether oxygens (including phenoxy) is 1. The van der Waals surface area contributed by atoms with E-state index in [0.29, 0.717) is 12.6 Å². The van der Waals surface area contributed by atoms with E-state index >= 15 is 0 Å². The van der Waals surface area contributed by atoms with Crippen LogP contribution in [0.5, 0.6) is 5.75 Å². The first-order chi connectivity index (χ1) is 10.3. The molecule has 2 heterocycles. The van der Waals surface area contributed by atoms with Crippen molar-refractivity contribution >= 4 is 0 Å². The van der Waals surface area contributed by atoms with Crippen molar-refractivity contribution in [3.8, 4) is 5.75 Å². The molecule has 1 saturated heterocycles. The molecule has 0 spiro atoms. The summed E-state index contributed by atoms with van der Waals surface area (Å²) in [5.74, 6) is 1.99. The molecule has 0 saturated carbocycles. The number of likely N-dealkylation sites (tertiary alicyclic amines) is 1. The van der Waals surface area contributed by atoms with Crippen molar-refractivity contribution in [2.24, 2.45) is 11.7 Å². The third kappa shape index (κ3) is 3.24. The zero-order chi connectivity index (χ0) is 14.7. The summed E-state index contributed by atoms with van der Waals surface area (Å²) in [6.45, 7) is 6.22. The lowest BCUT2D eigenvalue weighted by molar-refractivity contribution is 0.131. The van der Waals surface area contributed by atoms with Crippen LogP contribution in [0.3, 0.4) is 0 Å². The van der Waals surface area contributed by atoms with Gasteiger partial charge in [0.05, 0.1) is 6.61 Å². The SMILES string of the molecule is CCCC1CCN(C(CN)c2ccc3c(c2)CCO3)CC1. The molecule has 1 unspecified atom stereocenters. The lowest BCUT2D eigenvalue weighted by Crippen LogP contribution is -2.39. The Morgan fingerprint density at radius 2 is 2.14 bits per heavy atom. The van der Waals surface area contributed by atoms with E-state index in [1.54, 1.807) is 0 Å². The zero-order valence-corrected chi connectivity index (χ0v) is 13.2. The Bertz CT molecular complexity index is 466. The summed E-state index contributed by atoms with van der Waals surface area (Å²) in [4.78, 5) is 2.59. The van der Waals surface area contributed by atoms with Gasteiger partial charge in [0.2, 0.25) is 0 Å². The Morgan fingerprint density at radius 3 is 2.86 bits per heavy atom. The number of fused-ring (bicyclic) bond motifs is 1. The standard InChI is InChI=1S/C18H28N2O/c1-2-3-14-6-9-20(10-7-14)17(13-19)15-4-5-18-16(12-15)8-11-21-18/h4-5,12,14,17H,2-3,6-11,13,19H2,1H3. The Hall–Kier alpha value is -1.06. The van der Waals surface area contributed by atoms with Crippen molar-refractivity contribution in [2.75, 3.05) is 26.2 Å². The van der Waals surface area contributed by atoms with Gasteiger partial charge < -0.3 is 10.5 Å². The number of piperidine rings is 1. The van der Waals surface area contributed by atoms with Crippen LogP contribution in [0.2, 0.25) is 0 Å². The molecule has 2 N–H and O–H groups in total. The van der Waals surface area contributed by atoms with Crippen molar-refractivity contribution in [1.82, 2.24) is 4.90 Å². The van der Waals surface area contributed by atoms with E-state index in [-0.39, 0.29) is 0 Å². The van der Waals surface area contributed by atoms with Crippen molar-refractivity contribution in [1.29, 1.82) is 0 Å². The van der Waals surface area contributed by atoms with Crippen LogP contribution in [0.4, 0.5) is 0 Å². The third-order valence-corrected chi connectivity index (χ3v) is 5.11. The fourth-order valence-corrected chi connectivity index (χ4v) is 3.87. The van der Waals surface area contributed by atoms with Gasteiger partial charge in [-0.25, -0.2) is 0 Å². The van der Waals surface area contributed by atoms with Crippen molar-refractivity contribution in [3.05, 3.63) is 29.3 Å². The lowest BCUT2D eigenvalue weighted by atomic mass is 9.90. The van der Waals surface area contributed by atoms with Gasteiger partial charge in [0.1, 0.15) is 5.75 Å². The number of nitrogens with two attached hydrogens (primary N) is 1. The number of nitrogens with zero attached hydrogens (tertiary/aromatic N) is 1. The number of hydrogen-bond acceptors (Lipinski definition) is 3. The topological polar surface area (TPSA) is 38.5 Å². The summed E-state index contributed by atoms with van der Waals surface area (Å²) < 4.78 is 5.61. The maximum atomic E-state index is 6.10. The number of hydrogen-bond donors (Lipinski definition) is 1. The zero-order valence-electron chi connectivity index (χ0n) is 13.2. The van der Waals surface area contributed by atoms with Gasteiger partial charge in [-0.15, -0.1) is 0 Å². The summed E-state index contributed by atoms with van der Waals surface area (Å²) in [6, 6.07) is 7.03. The largest absolute Gasteiger partial charge is 0.493 e. The van der Waals surface area contributed by atoms with Crippen LogP contribution in [-0.4, -0.2) is 31.1 Å². The molecular formula is C18H28N2O. The normalized spacial score (nSPS) is 21.0. The molecule has 0 aliphatic carbocycles. The number of benzene rings is 1. The molecule has 0 amide bonds. The molecule has 2 aliphatic rings. The molecule has 0 radical (unpaired) electrons. The molecule has 3 rings (SSSR count). The third-order valence-electron chi connectivity index (χ3n) is 5.11. The van der Waals surface area contributed by atoms with Gasteiger partial charge in [0.25, 0.3) is 0 Å². The van der Waals surface area contributed by atoms with Crippen LogP contribution in [0.1, 0.15) is 49.8 Å². The minimum absolute atomic E-state index is 0.374. The Balaban J connectivity index is 1.68. The maximum Gasteiger partial charge on any atom is 0.122 e. The Labute approximate surface area is 128 Å². The molecule has 21 heavy (non-hydrogen) atoms. The number of rotatable bonds is 5.